The van der Waals surface area contributed by atoms with Crippen molar-refractivity contribution in [2.75, 3.05) is 45.6 Å². The Hall–Kier alpha value is -1.13. The Labute approximate surface area is 128 Å². The topological polar surface area (TPSA) is 31.4 Å². The highest BCUT2D eigenvalue weighted by molar-refractivity contribution is 5.45. The smallest absolute Gasteiger partial charge is 0.0471 e. The quantitative estimate of drug-likeness (QED) is 0.925. The van der Waals surface area contributed by atoms with Crippen molar-refractivity contribution in [3.63, 3.8) is 0 Å². The number of piperidine rings is 1. The third-order valence-electron chi connectivity index (χ3n) is 5.10. The molecule has 2 aliphatic heterocycles. The normalized spacial score (nSPS) is 25.4. The average molecular weight is 288 g/mol. The first-order valence-corrected chi connectivity index (χ1v) is 8.24. The number of aryl methyl sites for hydroxylation is 1. The third-order valence-corrected chi connectivity index (χ3v) is 5.10. The fraction of sp³-hybridized carbons (Fsp3) is 0.706. The van der Waals surface area contributed by atoms with E-state index in [1.807, 2.05) is 7.05 Å². The molecule has 2 aliphatic rings. The van der Waals surface area contributed by atoms with Gasteiger partial charge in [-0.05, 0) is 65.0 Å². The van der Waals surface area contributed by atoms with Crippen LogP contribution in [0.1, 0.15) is 36.6 Å². The van der Waals surface area contributed by atoms with Crippen LogP contribution in [0.5, 0.6) is 0 Å². The van der Waals surface area contributed by atoms with Crippen LogP contribution in [-0.2, 0) is 0 Å². The number of aromatic nitrogens is 1. The second-order valence-electron chi connectivity index (χ2n) is 6.69. The van der Waals surface area contributed by atoms with Gasteiger partial charge in [-0.25, -0.2) is 0 Å². The molecule has 0 unspecified atom stereocenters. The van der Waals surface area contributed by atoms with Gasteiger partial charge in [0.05, 0.1) is 0 Å². The van der Waals surface area contributed by atoms with Gasteiger partial charge < -0.3 is 10.2 Å². The lowest BCUT2D eigenvalue weighted by Crippen LogP contribution is -2.42. The van der Waals surface area contributed by atoms with Crippen LogP contribution in [0.4, 0.5) is 5.69 Å². The minimum Gasteiger partial charge on any atom is -0.388 e. The zero-order chi connectivity index (χ0) is 14.8. The van der Waals surface area contributed by atoms with E-state index in [0.717, 1.165) is 11.7 Å². The number of hydrogen-bond acceptors (Lipinski definition) is 4. The first kappa shape index (κ1) is 14.8. The van der Waals surface area contributed by atoms with Crippen molar-refractivity contribution in [2.45, 2.75) is 38.1 Å². The van der Waals surface area contributed by atoms with E-state index in [1.165, 1.54) is 56.8 Å². The highest BCUT2D eigenvalue weighted by atomic mass is 15.2. The molecule has 0 saturated carbocycles. The number of pyridine rings is 1. The van der Waals surface area contributed by atoms with E-state index in [0.29, 0.717) is 5.92 Å². The summed E-state index contributed by atoms with van der Waals surface area (Å²) < 4.78 is 0. The zero-order valence-corrected chi connectivity index (χ0v) is 13.6. The standard InChI is InChI=1S/C17H28N4/c1-13-10-15(18-2)11-17(19-13)14-4-9-21(12-14)16-5-7-20(3)8-6-16/h10-11,14,16H,4-9,12H2,1-3H3,(H,18,19)/t14-/m1/s1. The van der Waals surface area contributed by atoms with Crippen molar-refractivity contribution in [1.82, 2.24) is 14.8 Å². The van der Waals surface area contributed by atoms with Gasteiger partial charge in [0.15, 0.2) is 0 Å². The summed E-state index contributed by atoms with van der Waals surface area (Å²) in [4.78, 5) is 9.94. The van der Waals surface area contributed by atoms with Crippen LogP contribution in [0.15, 0.2) is 12.1 Å². The predicted molar refractivity (Wildman–Crippen MR) is 88.0 cm³/mol. The molecule has 1 N–H and O–H groups in total. The van der Waals surface area contributed by atoms with E-state index in [1.54, 1.807) is 0 Å². The van der Waals surface area contributed by atoms with Gasteiger partial charge in [0, 0.05) is 42.6 Å². The monoisotopic (exact) mass is 288 g/mol. The van der Waals surface area contributed by atoms with Crippen LogP contribution in [0, 0.1) is 6.92 Å². The number of likely N-dealkylation sites (tertiary alicyclic amines) is 2. The molecule has 1 aromatic heterocycles. The zero-order valence-electron chi connectivity index (χ0n) is 13.6. The van der Waals surface area contributed by atoms with Crippen molar-refractivity contribution in [1.29, 1.82) is 0 Å². The second kappa shape index (κ2) is 6.32. The molecule has 3 heterocycles. The van der Waals surface area contributed by atoms with Gasteiger partial charge >= 0.3 is 0 Å². The Morgan fingerprint density at radius 1 is 1.14 bits per heavy atom. The molecule has 1 atom stereocenters. The molecule has 0 aliphatic carbocycles. The molecule has 2 saturated heterocycles. The Kier molecular flexibility index (Phi) is 4.45. The minimum absolute atomic E-state index is 0.608. The largest absolute Gasteiger partial charge is 0.388 e. The van der Waals surface area contributed by atoms with Crippen LogP contribution < -0.4 is 5.32 Å². The van der Waals surface area contributed by atoms with Crippen molar-refractivity contribution < 1.29 is 0 Å². The maximum absolute atomic E-state index is 4.78. The van der Waals surface area contributed by atoms with Gasteiger partial charge in [-0.2, -0.15) is 0 Å². The molecular formula is C17H28N4. The lowest BCUT2D eigenvalue weighted by atomic mass is 10.0. The molecule has 116 valence electrons. The summed E-state index contributed by atoms with van der Waals surface area (Å²) in [5.74, 6) is 0.608. The molecule has 0 bridgehead atoms. The van der Waals surface area contributed by atoms with Gasteiger partial charge in [-0.1, -0.05) is 0 Å². The van der Waals surface area contributed by atoms with Gasteiger partial charge in [0.2, 0.25) is 0 Å². The summed E-state index contributed by atoms with van der Waals surface area (Å²) in [5, 5.41) is 3.25. The highest BCUT2D eigenvalue weighted by Crippen LogP contribution is 2.31. The molecule has 3 rings (SSSR count). The van der Waals surface area contributed by atoms with Gasteiger partial charge in [-0.15, -0.1) is 0 Å². The van der Waals surface area contributed by atoms with Crippen molar-refractivity contribution in [2.24, 2.45) is 0 Å². The van der Waals surface area contributed by atoms with E-state index < -0.39 is 0 Å². The Morgan fingerprint density at radius 2 is 1.90 bits per heavy atom. The van der Waals surface area contributed by atoms with E-state index in [-0.39, 0.29) is 0 Å². The maximum Gasteiger partial charge on any atom is 0.0471 e. The number of hydrogen-bond donors (Lipinski definition) is 1. The first-order valence-electron chi connectivity index (χ1n) is 8.24. The summed E-state index contributed by atoms with van der Waals surface area (Å²) in [5.41, 5.74) is 3.58. The second-order valence-corrected chi connectivity index (χ2v) is 6.69. The van der Waals surface area contributed by atoms with Gasteiger partial charge in [-0.3, -0.25) is 9.88 Å². The maximum atomic E-state index is 4.78. The minimum atomic E-state index is 0.608. The van der Waals surface area contributed by atoms with E-state index in [9.17, 15) is 0 Å². The lowest BCUT2D eigenvalue weighted by molar-refractivity contribution is 0.142. The fourth-order valence-corrected chi connectivity index (χ4v) is 3.77. The van der Waals surface area contributed by atoms with Crippen LogP contribution in [0.25, 0.3) is 0 Å². The number of anilines is 1. The summed E-state index contributed by atoms with van der Waals surface area (Å²) in [6, 6.07) is 5.14. The van der Waals surface area contributed by atoms with Gasteiger partial charge in [0.25, 0.3) is 0 Å². The highest BCUT2D eigenvalue weighted by Gasteiger charge is 2.31. The summed E-state index contributed by atoms with van der Waals surface area (Å²) >= 11 is 0. The molecule has 4 nitrogen and oxygen atoms in total. The van der Waals surface area contributed by atoms with Crippen LogP contribution >= 0.6 is 0 Å². The van der Waals surface area contributed by atoms with Gasteiger partial charge in [0.1, 0.15) is 0 Å². The molecule has 1 aromatic rings. The van der Waals surface area contributed by atoms with Crippen LogP contribution in [-0.4, -0.2) is 61.1 Å². The Balaban J connectivity index is 1.65. The summed E-state index contributed by atoms with van der Waals surface area (Å²) in [6.45, 7) is 7.02. The molecule has 4 heteroatoms. The molecule has 0 radical (unpaired) electrons. The van der Waals surface area contributed by atoms with Crippen LogP contribution in [0.2, 0.25) is 0 Å². The molecule has 0 amide bonds. The molecule has 0 spiro atoms. The van der Waals surface area contributed by atoms with Crippen molar-refractivity contribution >= 4 is 5.69 Å². The molecule has 0 aromatic carbocycles. The third kappa shape index (κ3) is 3.38. The fourth-order valence-electron chi connectivity index (χ4n) is 3.77. The summed E-state index contributed by atoms with van der Waals surface area (Å²) in [7, 11) is 4.22. The molecule has 21 heavy (non-hydrogen) atoms. The Morgan fingerprint density at radius 3 is 2.62 bits per heavy atom. The number of nitrogens with zero attached hydrogens (tertiary/aromatic N) is 3. The van der Waals surface area contributed by atoms with E-state index in [2.05, 4.69) is 41.2 Å². The average Bonchev–Trinajstić information content (AvgIpc) is 2.97. The van der Waals surface area contributed by atoms with Crippen molar-refractivity contribution in [3.05, 3.63) is 23.5 Å². The van der Waals surface area contributed by atoms with E-state index >= 15 is 0 Å². The summed E-state index contributed by atoms with van der Waals surface area (Å²) in [6.07, 6.45) is 3.91. The van der Waals surface area contributed by atoms with Crippen molar-refractivity contribution in [3.8, 4) is 0 Å². The number of rotatable bonds is 3. The number of nitrogens with one attached hydrogen (secondary N) is 1. The van der Waals surface area contributed by atoms with E-state index in [4.69, 9.17) is 4.98 Å². The molecular weight excluding hydrogens is 260 g/mol. The first-order chi connectivity index (χ1) is 10.2. The SMILES string of the molecule is CNc1cc(C)nc([C@@H]2CCN(C3CCN(C)CC3)C2)c1. The van der Waals surface area contributed by atoms with Crippen LogP contribution in [0.3, 0.4) is 0 Å². The lowest BCUT2D eigenvalue weighted by Gasteiger charge is -2.35. The predicted octanol–water partition coefficient (Wildman–Crippen LogP) is 2.32. The Bertz CT molecular complexity index is 480. The molecule has 2 fully saturated rings.